The number of rotatable bonds is 1. The molecule has 0 bridgehead atoms. The van der Waals surface area contributed by atoms with Crippen LogP contribution in [-0.4, -0.2) is 12.1 Å². The zero-order valence-electron chi connectivity index (χ0n) is 6.26. The molecule has 0 unspecified atom stereocenters. The molecule has 0 aliphatic carbocycles. The highest BCUT2D eigenvalue weighted by Crippen LogP contribution is 2.28. The Labute approximate surface area is 79.8 Å². The van der Waals surface area contributed by atoms with Gasteiger partial charge in [0.2, 0.25) is 0 Å². The van der Waals surface area contributed by atoms with Crippen LogP contribution in [-0.2, 0) is 10.0 Å². The maximum atomic E-state index is 11.2. The Morgan fingerprint density at radius 3 is 2.27 bits per heavy atom. The quantitative estimate of drug-likeness (QED) is 0.690. The van der Waals surface area contributed by atoms with E-state index in [0.717, 1.165) is 5.57 Å². The number of halogens is 1. The average Bonchev–Trinajstić information content (AvgIpc) is 2.03. The second-order valence-corrected chi connectivity index (χ2v) is 4.91. The van der Waals surface area contributed by atoms with Crippen LogP contribution in [0, 0.1) is 0 Å². The molecule has 3 nitrogen and oxygen atoms in total. The highest BCUT2D eigenvalue weighted by atomic mass is 127. The molecule has 0 amide bonds. The van der Waals surface area contributed by atoms with Crippen LogP contribution in [0.2, 0.25) is 0 Å². The molecule has 1 aliphatic heterocycles. The van der Waals surface area contributed by atoms with Crippen molar-refractivity contribution in [2.24, 2.45) is 4.40 Å². The van der Waals surface area contributed by atoms with Crippen molar-refractivity contribution in [1.29, 1.82) is 0 Å². The van der Waals surface area contributed by atoms with Crippen LogP contribution in [0.1, 0.15) is 20.3 Å². The van der Waals surface area contributed by atoms with E-state index in [0.29, 0.717) is 15.0 Å². The first-order valence-corrected chi connectivity index (χ1v) is 5.71. The van der Waals surface area contributed by atoms with E-state index in [-0.39, 0.29) is 0 Å². The van der Waals surface area contributed by atoms with E-state index in [1.54, 1.807) is 6.92 Å². The van der Waals surface area contributed by atoms with Crippen LogP contribution in [0.25, 0.3) is 0 Å². The van der Waals surface area contributed by atoms with Crippen LogP contribution in [0.4, 0.5) is 0 Å². The van der Waals surface area contributed by atoms with Crippen molar-refractivity contribution >= 4 is 36.3 Å². The fraction of sp³-hybridized carbons (Fsp3) is 0.500. The Bertz CT molecular complexity index is 340. The van der Waals surface area contributed by atoms with Gasteiger partial charge in [-0.15, -0.1) is 0 Å². The number of sulfonamides is 1. The third-order valence-electron chi connectivity index (χ3n) is 1.56. The number of hydrogen-bond acceptors (Lipinski definition) is 2. The van der Waals surface area contributed by atoms with Gasteiger partial charge in [0.1, 0.15) is 3.72 Å². The number of nitrogens with zero attached hydrogens (tertiary/aromatic N) is 1. The molecular weight excluding hydrogens is 277 g/mol. The lowest BCUT2D eigenvalue weighted by Crippen LogP contribution is -1.95. The lowest BCUT2D eigenvalue weighted by molar-refractivity contribution is 0.603. The van der Waals surface area contributed by atoms with Crippen LogP contribution >= 0.6 is 22.6 Å². The van der Waals surface area contributed by atoms with E-state index in [9.17, 15) is 8.42 Å². The smallest absolute Gasteiger partial charge is 0.200 e. The lowest BCUT2D eigenvalue weighted by atomic mass is 10.3. The van der Waals surface area contributed by atoms with Crippen LogP contribution in [0.3, 0.4) is 0 Å². The van der Waals surface area contributed by atoms with Gasteiger partial charge in [0.25, 0.3) is 10.0 Å². The average molecular weight is 285 g/mol. The van der Waals surface area contributed by atoms with Crippen molar-refractivity contribution in [2.45, 2.75) is 20.3 Å². The molecule has 5 heteroatoms. The molecule has 0 spiro atoms. The molecule has 1 rings (SSSR count). The molecule has 11 heavy (non-hydrogen) atoms. The van der Waals surface area contributed by atoms with Crippen molar-refractivity contribution in [3.05, 3.63) is 10.5 Å². The predicted octanol–water partition coefficient (Wildman–Crippen LogP) is 1.85. The minimum Gasteiger partial charge on any atom is -0.200 e. The van der Waals surface area contributed by atoms with E-state index in [4.69, 9.17) is 0 Å². The second kappa shape index (κ2) is 2.85. The summed E-state index contributed by atoms with van der Waals surface area (Å²) in [4.78, 5) is 0.460. The minimum absolute atomic E-state index is 0.460. The largest absolute Gasteiger partial charge is 0.279 e. The first kappa shape index (κ1) is 9.18. The van der Waals surface area contributed by atoms with Gasteiger partial charge in [-0.05, 0) is 41.5 Å². The van der Waals surface area contributed by atoms with E-state index in [2.05, 4.69) is 4.40 Å². The Morgan fingerprint density at radius 2 is 2.09 bits per heavy atom. The molecule has 0 aromatic rings. The van der Waals surface area contributed by atoms with Gasteiger partial charge in [0.15, 0.2) is 0 Å². The number of allylic oxidation sites excluding steroid dienone is 2. The lowest BCUT2D eigenvalue weighted by Gasteiger charge is -1.95. The minimum atomic E-state index is -3.28. The van der Waals surface area contributed by atoms with Crippen molar-refractivity contribution in [2.75, 3.05) is 0 Å². The van der Waals surface area contributed by atoms with Crippen LogP contribution < -0.4 is 0 Å². The molecule has 0 aromatic carbocycles. The van der Waals surface area contributed by atoms with E-state index in [1.807, 2.05) is 29.5 Å². The highest BCUT2D eigenvalue weighted by Gasteiger charge is 2.26. The molecule has 0 saturated heterocycles. The Balaban J connectivity index is 3.33. The Hall–Kier alpha value is 0.0900. The van der Waals surface area contributed by atoms with Crippen LogP contribution in [0.5, 0.6) is 0 Å². The normalized spacial score (nSPS) is 22.3. The maximum absolute atomic E-state index is 11.2. The van der Waals surface area contributed by atoms with Crippen molar-refractivity contribution in [3.8, 4) is 0 Å². The molecule has 0 radical (unpaired) electrons. The highest BCUT2D eigenvalue weighted by molar-refractivity contribution is 14.1. The fourth-order valence-electron chi connectivity index (χ4n) is 0.985. The van der Waals surface area contributed by atoms with Gasteiger partial charge in [-0.2, -0.15) is 12.8 Å². The first-order valence-electron chi connectivity index (χ1n) is 3.19. The molecule has 0 N–H and O–H groups in total. The van der Waals surface area contributed by atoms with Crippen molar-refractivity contribution in [1.82, 2.24) is 0 Å². The SMILES string of the molecule is CCC1=C(C)C(I)=NS1(=O)=O. The predicted molar refractivity (Wildman–Crippen MR) is 53.4 cm³/mol. The second-order valence-electron chi connectivity index (χ2n) is 2.26. The molecular formula is C6H8INO2S. The summed E-state index contributed by atoms with van der Waals surface area (Å²) in [6.07, 6.45) is 0.532. The molecule has 0 atom stereocenters. The summed E-state index contributed by atoms with van der Waals surface area (Å²) in [6, 6.07) is 0. The van der Waals surface area contributed by atoms with Gasteiger partial charge >= 0.3 is 0 Å². The van der Waals surface area contributed by atoms with Crippen molar-refractivity contribution in [3.63, 3.8) is 0 Å². The molecule has 1 heterocycles. The molecule has 0 fully saturated rings. The summed E-state index contributed by atoms with van der Waals surface area (Å²) < 4.78 is 26.5. The standard InChI is InChI=1S/C6H8INO2S/c1-3-5-4(2)6(7)8-11(5,9)10/h3H2,1-2H3. The fourth-order valence-corrected chi connectivity index (χ4v) is 3.58. The Morgan fingerprint density at radius 1 is 1.55 bits per heavy atom. The zero-order valence-corrected chi connectivity index (χ0v) is 9.23. The van der Waals surface area contributed by atoms with Gasteiger partial charge in [-0.3, -0.25) is 0 Å². The van der Waals surface area contributed by atoms with Gasteiger partial charge in [0, 0.05) is 0 Å². The summed E-state index contributed by atoms with van der Waals surface area (Å²) >= 11 is 1.93. The zero-order chi connectivity index (χ0) is 8.65. The van der Waals surface area contributed by atoms with E-state index < -0.39 is 10.0 Å². The van der Waals surface area contributed by atoms with Crippen molar-refractivity contribution < 1.29 is 8.42 Å². The summed E-state index contributed by atoms with van der Waals surface area (Å²) in [5, 5.41) is 0. The van der Waals surface area contributed by atoms with E-state index in [1.165, 1.54) is 0 Å². The maximum Gasteiger partial charge on any atom is 0.279 e. The Kier molecular flexibility index (Phi) is 2.38. The number of hydrogen-bond donors (Lipinski definition) is 0. The summed E-state index contributed by atoms with van der Waals surface area (Å²) in [6.45, 7) is 3.61. The van der Waals surface area contributed by atoms with Gasteiger partial charge < -0.3 is 0 Å². The first-order chi connectivity index (χ1) is 4.99. The van der Waals surface area contributed by atoms with E-state index >= 15 is 0 Å². The van der Waals surface area contributed by atoms with Crippen LogP contribution in [0.15, 0.2) is 14.9 Å². The van der Waals surface area contributed by atoms with Gasteiger partial charge in [0.05, 0.1) is 4.91 Å². The molecule has 0 aromatic heterocycles. The third-order valence-corrected chi connectivity index (χ3v) is 4.58. The molecule has 62 valence electrons. The third kappa shape index (κ3) is 1.48. The van der Waals surface area contributed by atoms with Gasteiger partial charge in [-0.25, -0.2) is 0 Å². The molecule has 1 aliphatic rings. The summed E-state index contributed by atoms with van der Waals surface area (Å²) in [5.74, 6) is 0. The summed E-state index contributed by atoms with van der Waals surface area (Å²) in [5.41, 5.74) is 0.799. The topological polar surface area (TPSA) is 46.5 Å². The summed E-state index contributed by atoms with van der Waals surface area (Å²) in [7, 11) is -3.28. The van der Waals surface area contributed by atoms with Gasteiger partial charge in [-0.1, -0.05) is 6.92 Å². The molecule has 0 saturated carbocycles. The monoisotopic (exact) mass is 285 g/mol.